The highest BCUT2D eigenvalue weighted by Gasteiger charge is 2.31. The van der Waals surface area contributed by atoms with Gasteiger partial charge in [0.15, 0.2) is 9.84 Å². The lowest BCUT2D eigenvalue weighted by atomic mass is 9.86. The number of hydrogen-bond acceptors (Lipinski definition) is 3. The predicted molar refractivity (Wildman–Crippen MR) is 87.3 cm³/mol. The van der Waals surface area contributed by atoms with Crippen molar-refractivity contribution in [2.24, 2.45) is 0 Å². The highest BCUT2D eigenvalue weighted by atomic mass is 32.2. The van der Waals surface area contributed by atoms with Crippen LogP contribution in [0.4, 0.5) is 5.69 Å². The number of sulfone groups is 1. The smallest absolute Gasteiger partial charge is 0.239 e. The first-order chi connectivity index (χ1) is 9.34. The molecule has 0 fully saturated rings. The lowest BCUT2D eigenvalue weighted by Gasteiger charge is -2.23. The van der Waals surface area contributed by atoms with Crippen molar-refractivity contribution in [3.63, 3.8) is 0 Å². The van der Waals surface area contributed by atoms with Crippen LogP contribution in [0.2, 0.25) is 0 Å². The molecule has 0 unspecified atom stereocenters. The first-order valence-electron chi connectivity index (χ1n) is 6.96. The highest BCUT2D eigenvalue weighted by molar-refractivity contribution is 7.93. The second-order valence-electron chi connectivity index (χ2n) is 7.22. The third-order valence-electron chi connectivity index (χ3n) is 3.26. The summed E-state index contributed by atoms with van der Waals surface area (Å²) in [6.45, 7) is 10.9. The summed E-state index contributed by atoms with van der Waals surface area (Å²) in [5.41, 5.74) is 1.51. The second-order valence-corrected chi connectivity index (χ2v) is 9.96. The third-order valence-corrected chi connectivity index (χ3v) is 5.77. The normalized spacial score (nSPS) is 13.0. The number of benzene rings is 1. The van der Waals surface area contributed by atoms with Crippen molar-refractivity contribution in [2.45, 2.75) is 51.7 Å². The molecule has 1 amide bonds. The minimum atomic E-state index is -3.48. The Hall–Kier alpha value is -1.36. The molecule has 5 heteroatoms. The van der Waals surface area contributed by atoms with Gasteiger partial charge in [0, 0.05) is 5.69 Å². The van der Waals surface area contributed by atoms with Crippen LogP contribution >= 0.6 is 0 Å². The molecule has 1 rings (SSSR count). The molecule has 1 aromatic rings. The molecule has 1 aromatic carbocycles. The van der Waals surface area contributed by atoms with Crippen LogP contribution in [0.1, 0.15) is 47.1 Å². The van der Waals surface area contributed by atoms with Gasteiger partial charge in [0.2, 0.25) is 5.91 Å². The molecule has 0 radical (unpaired) electrons. The van der Waals surface area contributed by atoms with Gasteiger partial charge in [-0.2, -0.15) is 0 Å². The number of hydrogen-bond donors (Lipinski definition) is 1. The molecule has 0 spiro atoms. The van der Waals surface area contributed by atoms with Gasteiger partial charge in [-0.3, -0.25) is 4.79 Å². The number of carbonyl (C=O) groups excluding carboxylic acids is 1. The fourth-order valence-electron chi connectivity index (χ4n) is 1.82. The SMILES string of the molecule is CC(C)(C)c1ccccc1NC(=O)CS(=O)(=O)C(C)(C)C. The molecule has 0 bridgehead atoms. The Labute approximate surface area is 127 Å². The summed E-state index contributed by atoms with van der Waals surface area (Å²) in [6.07, 6.45) is 0. The van der Waals surface area contributed by atoms with E-state index in [9.17, 15) is 13.2 Å². The van der Waals surface area contributed by atoms with Crippen LogP contribution in [0.5, 0.6) is 0 Å². The molecule has 0 aliphatic rings. The number of carbonyl (C=O) groups is 1. The van der Waals surface area contributed by atoms with Crippen molar-refractivity contribution in [3.05, 3.63) is 29.8 Å². The van der Waals surface area contributed by atoms with Crippen LogP contribution in [0.3, 0.4) is 0 Å². The van der Waals surface area contributed by atoms with E-state index in [2.05, 4.69) is 5.32 Å². The van der Waals surface area contributed by atoms with E-state index in [-0.39, 0.29) is 5.41 Å². The van der Waals surface area contributed by atoms with Crippen LogP contribution in [-0.4, -0.2) is 24.8 Å². The van der Waals surface area contributed by atoms with E-state index >= 15 is 0 Å². The monoisotopic (exact) mass is 311 g/mol. The molecule has 0 heterocycles. The summed E-state index contributed by atoms with van der Waals surface area (Å²) in [6, 6.07) is 7.46. The van der Waals surface area contributed by atoms with E-state index in [1.807, 2.05) is 39.0 Å². The molecule has 0 aliphatic heterocycles. The molecule has 0 aromatic heterocycles. The van der Waals surface area contributed by atoms with Crippen molar-refractivity contribution in [3.8, 4) is 0 Å². The number of amides is 1. The molecule has 4 nitrogen and oxygen atoms in total. The van der Waals surface area contributed by atoms with E-state index in [4.69, 9.17) is 0 Å². The van der Waals surface area contributed by atoms with E-state index in [0.29, 0.717) is 5.69 Å². The maximum atomic E-state index is 12.1. The van der Waals surface area contributed by atoms with Gasteiger partial charge in [0.05, 0.1) is 4.75 Å². The number of para-hydroxylation sites is 1. The zero-order valence-electron chi connectivity index (χ0n) is 13.6. The Morgan fingerprint density at radius 2 is 1.57 bits per heavy atom. The molecule has 0 saturated heterocycles. The van der Waals surface area contributed by atoms with Crippen LogP contribution < -0.4 is 5.32 Å². The number of anilines is 1. The molecule has 0 aliphatic carbocycles. The Morgan fingerprint density at radius 3 is 2.05 bits per heavy atom. The van der Waals surface area contributed by atoms with Crippen molar-refractivity contribution >= 4 is 21.4 Å². The summed E-state index contributed by atoms with van der Waals surface area (Å²) in [5, 5.41) is 2.73. The zero-order chi connectivity index (χ0) is 16.5. The van der Waals surface area contributed by atoms with Crippen molar-refractivity contribution < 1.29 is 13.2 Å². The Balaban J connectivity index is 2.97. The number of nitrogens with one attached hydrogen (secondary N) is 1. The summed E-state index contributed by atoms with van der Waals surface area (Å²) in [5.74, 6) is -1.00. The Morgan fingerprint density at radius 1 is 1.05 bits per heavy atom. The average Bonchev–Trinajstić information content (AvgIpc) is 2.25. The fraction of sp³-hybridized carbons (Fsp3) is 0.562. The standard InChI is InChI=1S/C16H25NO3S/c1-15(2,3)12-9-7-8-10-13(12)17-14(18)11-21(19,20)16(4,5)6/h7-10H,11H2,1-6H3,(H,17,18). The Kier molecular flexibility index (Phi) is 4.88. The van der Waals surface area contributed by atoms with Gasteiger partial charge in [-0.15, -0.1) is 0 Å². The van der Waals surface area contributed by atoms with Gasteiger partial charge in [-0.05, 0) is 37.8 Å². The van der Waals surface area contributed by atoms with Gasteiger partial charge >= 0.3 is 0 Å². The molecule has 1 N–H and O–H groups in total. The average molecular weight is 311 g/mol. The predicted octanol–water partition coefficient (Wildman–Crippen LogP) is 3.14. The summed E-state index contributed by atoms with van der Waals surface area (Å²) in [4.78, 5) is 12.1. The maximum Gasteiger partial charge on any atom is 0.239 e. The fourth-order valence-corrected chi connectivity index (χ4v) is 2.67. The largest absolute Gasteiger partial charge is 0.325 e. The van der Waals surface area contributed by atoms with Gasteiger partial charge in [0.25, 0.3) is 0 Å². The van der Waals surface area contributed by atoms with E-state index in [1.54, 1.807) is 26.8 Å². The zero-order valence-corrected chi connectivity index (χ0v) is 14.5. The van der Waals surface area contributed by atoms with E-state index < -0.39 is 26.2 Å². The van der Waals surface area contributed by atoms with Crippen LogP contribution in [0.25, 0.3) is 0 Å². The first-order valence-corrected chi connectivity index (χ1v) is 8.61. The minimum absolute atomic E-state index is 0.132. The molecule has 118 valence electrons. The number of rotatable bonds is 3. The van der Waals surface area contributed by atoms with Gasteiger partial charge in [-0.25, -0.2) is 8.42 Å². The van der Waals surface area contributed by atoms with Crippen molar-refractivity contribution in [1.82, 2.24) is 0 Å². The van der Waals surface area contributed by atoms with Crippen LogP contribution in [-0.2, 0) is 20.0 Å². The molecule has 21 heavy (non-hydrogen) atoms. The highest BCUT2D eigenvalue weighted by Crippen LogP contribution is 2.29. The lowest BCUT2D eigenvalue weighted by Crippen LogP contribution is -2.35. The van der Waals surface area contributed by atoms with Gasteiger partial charge in [0.1, 0.15) is 5.75 Å². The van der Waals surface area contributed by atoms with Crippen LogP contribution in [0, 0.1) is 0 Å². The first kappa shape index (κ1) is 17.7. The Bertz CT molecular complexity index is 620. The van der Waals surface area contributed by atoms with E-state index in [0.717, 1.165) is 5.56 Å². The van der Waals surface area contributed by atoms with E-state index in [1.165, 1.54) is 0 Å². The lowest BCUT2D eigenvalue weighted by molar-refractivity contribution is -0.113. The topological polar surface area (TPSA) is 63.2 Å². The summed E-state index contributed by atoms with van der Waals surface area (Å²) >= 11 is 0. The molecular weight excluding hydrogens is 286 g/mol. The van der Waals surface area contributed by atoms with Crippen molar-refractivity contribution in [1.29, 1.82) is 0 Å². The van der Waals surface area contributed by atoms with Crippen molar-refractivity contribution in [2.75, 3.05) is 11.1 Å². The molecule has 0 saturated carbocycles. The summed E-state index contributed by atoms with van der Waals surface area (Å²) < 4.78 is 23.2. The second kappa shape index (κ2) is 5.79. The quantitative estimate of drug-likeness (QED) is 0.932. The molecule has 0 atom stereocenters. The maximum absolute atomic E-state index is 12.1. The summed E-state index contributed by atoms with van der Waals surface area (Å²) in [7, 11) is -3.48. The molecular formula is C16H25NO3S. The van der Waals surface area contributed by atoms with Gasteiger partial charge < -0.3 is 5.32 Å². The van der Waals surface area contributed by atoms with Crippen LogP contribution in [0.15, 0.2) is 24.3 Å². The minimum Gasteiger partial charge on any atom is -0.325 e. The third kappa shape index (κ3) is 4.56. The van der Waals surface area contributed by atoms with Gasteiger partial charge in [-0.1, -0.05) is 39.0 Å².